The normalized spacial score (nSPS) is 29.3. The molecule has 8 unspecified atom stereocenters. The quantitative estimate of drug-likeness (QED) is 0.193. The predicted molar refractivity (Wildman–Crippen MR) is 140 cm³/mol. The van der Waals surface area contributed by atoms with E-state index in [1.165, 1.54) is 13.8 Å². The Labute approximate surface area is 271 Å². The van der Waals surface area contributed by atoms with Crippen LogP contribution in [0.15, 0.2) is 0 Å². The maximum atomic E-state index is 13.9. The van der Waals surface area contributed by atoms with Crippen molar-refractivity contribution in [1.29, 1.82) is 0 Å². The van der Waals surface area contributed by atoms with Crippen molar-refractivity contribution in [2.24, 2.45) is 23.7 Å². The van der Waals surface area contributed by atoms with Gasteiger partial charge in [-0.3, -0.25) is 0 Å². The molecule has 288 valence electrons. The summed E-state index contributed by atoms with van der Waals surface area (Å²) in [5.74, 6) is -9.08. The highest BCUT2D eigenvalue weighted by molar-refractivity contribution is 5.79. The van der Waals surface area contributed by atoms with Gasteiger partial charge < -0.3 is 19.7 Å². The summed E-state index contributed by atoms with van der Waals surface area (Å²) in [6.45, 7) is 4.51. The molecule has 2 bridgehead atoms. The van der Waals surface area contributed by atoms with Gasteiger partial charge in [-0.25, -0.2) is 18.4 Å². The molecule has 0 saturated heterocycles. The standard InChI is InChI=1S/C15H19F7O3.C14H19F7O3/c1-3-12(2,16)11(23)25-10-6-7-4-8(10)5-9(7)13(24,14(17,18)19)15(20,21)22;1-3-11(2,15)10(22)24-9-7-5-4-6-8(9)12(23,13(16,17)18)14(19,20)21/h7-10,24H,3-6H2,1-2H3;8-9,23H,3-7H2,1-2H3. The van der Waals surface area contributed by atoms with Gasteiger partial charge in [0, 0.05) is 11.8 Å². The van der Waals surface area contributed by atoms with E-state index in [1.54, 1.807) is 0 Å². The molecule has 49 heavy (non-hydrogen) atoms. The average molecular weight is 749 g/mol. The van der Waals surface area contributed by atoms with Crippen molar-refractivity contribution in [3.05, 3.63) is 0 Å². The number of aliphatic hydroxyl groups is 2. The van der Waals surface area contributed by atoms with E-state index in [-0.39, 0.29) is 44.9 Å². The number of carbonyl (C=O) groups excluding carboxylic acids is 2. The summed E-state index contributed by atoms with van der Waals surface area (Å²) in [5.41, 5.74) is -14.6. The van der Waals surface area contributed by atoms with Crippen molar-refractivity contribution in [3.63, 3.8) is 0 Å². The Morgan fingerprint density at radius 3 is 1.27 bits per heavy atom. The highest BCUT2D eigenvalue weighted by atomic mass is 19.4. The first-order chi connectivity index (χ1) is 21.8. The largest absolute Gasteiger partial charge is 0.460 e. The van der Waals surface area contributed by atoms with Crippen molar-refractivity contribution < 1.29 is 90.7 Å². The van der Waals surface area contributed by atoms with E-state index in [1.807, 2.05) is 0 Å². The molecule has 0 aromatic carbocycles. The van der Waals surface area contributed by atoms with Gasteiger partial charge >= 0.3 is 36.6 Å². The van der Waals surface area contributed by atoms with Crippen LogP contribution in [0.4, 0.5) is 61.5 Å². The van der Waals surface area contributed by atoms with E-state index < -0.39 is 108 Å². The Kier molecular flexibility index (Phi) is 12.4. The van der Waals surface area contributed by atoms with Gasteiger partial charge in [-0.05, 0) is 77.0 Å². The minimum absolute atomic E-state index is 0.00609. The summed E-state index contributed by atoms with van der Waals surface area (Å²) in [6.07, 6.45) is -28.7. The minimum atomic E-state index is -6.01. The van der Waals surface area contributed by atoms with Gasteiger partial charge in [0.1, 0.15) is 12.2 Å². The number of esters is 2. The molecule has 3 aliphatic rings. The van der Waals surface area contributed by atoms with Gasteiger partial charge in [-0.1, -0.05) is 20.3 Å². The maximum absolute atomic E-state index is 13.9. The highest BCUT2D eigenvalue weighted by Crippen LogP contribution is 2.60. The van der Waals surface area contributed by atoms with Gasteiger partial charge in [0.25, 0.3) is 11.2 Å². The summed E-state index contributed by atoms with van der Waals surface area (Å²) in [4.78, 5) is 23.4. The topological polar surface area (TPSA) is 93.1 Å². The molecule has 3 fully saturated rings. The first-order valence-electron chi connectivity index (χ1n) is 15.3. The van der Waals surface area contributed by atoms with E-state index >= 15 is 0 Å². The second-order valence-corrected chi connectivity index (χ2v) is 13.2. The highest BCUT2D eigenvalue weighted by Gasteiger charge is 2.77. The SMILES string of the molecule is CCC(C)(F)C(=O)OC1CC2CC1CC2C(O)(C(F)(F)F)C(F)(F)F.CCC(C)(F)C(=O)OC1CCCCC1C(O)(C(F)(F)F)C(F)(F)F. The molecule has 8 atom stereocenters. The number of halogens is 14. The van der Waals surface area contributed by atoms with Gasteiger partial charge in [0.2, 0.25) is 11.3 Å². The van der Waals surface area contributed by atoms with Crippen LogP contribution in [0.2, 0.25) is 0 Å². The Morgan fingerprint density at radius 1 is 0.551 bits per heavy atom. The molecule has 0 heterocycles. The van der Waals surface area contributed by atoms with E-state index in [2.05, 4.69) is 4.74 Å². The van der Waals surface area contributed by atoms with Crippen LogP contribution in [-0.4, -0.2) is 81.6 Å². The molecule has 0 aromatic heterocycles. The number of rotatable bonds is 8. The summed E-state index contributed by atoms with van der Waals surface area (Å²) >= 11 is 0. The second kappa shape index (κ2) is 14.1. The molecule has 0 amide bonds. The number of carbonyl (C=O) groups is 2. The van der Waals surface area contributed by atoms with E-state index in [0.717, 1.165) is 13.8 Å². The molecule has 20 heteroatoms. The molecule has 6 nitrogen and oxygen atoms in total. The lowest BCUT2D eigenvalue weighted by atomic mass is 9.74. The molecule has 3 saturated carbocycles. The Balaban J connectivity index is 0.000000341. The summed E-state index contributed by atoms with van der Waals surface area (Å²) in [6, 6.07) is 0. The van der Waals surface area contributed by atoms with E-state index in [0.29, 0.717) is 0 Å². The number of ether oxygens (including phenoxy) is 2. The van der Waals surface area contributed by atoms with Crippen molar-refractivity contribution >= 4 is 11.9 Å². The number of hydrogen-bond acceptors (Lipinski definition) is 6. The van der Waals surface area contributed by atoms with Crippen LogP contribution >= 0.6 is 0 Å². The molecular formula is C29H38F14O6. The van der Waals surface area contributed by atoms with Gasteiger partial charge in [-0.2, -0.15) is 52.7 Å². The fourth-order valence-corrected chi connectivity index (χ4v) is 6.57. The molecule has 2 N–H and O–H groups in total. The number of alkyl halides is 14. The smallest absolute Gasteiger partial charge is 0.426 e. The lowest BCUT2D eigenvalue weighted by Crippen LogP contribution is -2.65. The monoisotopic (exact) mass is 748 g/mol. The fraction of sp³-hybridized carbons (Fsp3) is 0.931. The Bertz CT molecular complexity index is 1130. The lowest BCUT2D eigenvalue weighted by molar-refractivity contribution is -0.393. The van der Waals surface area contributed by atoms with Crippen LogP contribution in [0.1, 0.15) is 85.5 Å². The third kappa shape index (κ3) is 8.35. The number of fused-ring (bicyclic) bond motifs is 2. The van der Waals surface area contributed by atoms with Crippen LogP contribution in [0.25, 0.3) is 0 Å². The zero-order chi connectivity index (χ0) is 38.4. The fourth-order valence-electron chi connectivity index (χ4n) is 6.57. The molecule has 3 rings (SSSR count). The molecule has 0 spiro atoms. The van der Waals surface area contributed by atoms with Crippen molar-refractivity contribution in [1.82, 2.24) is 0 Å². The third-order valence-corrected chi connectivity index (χ3v) is 9.99. The van der Waals surface area contributed by atoms with Crippen LogP contribution in [0.5, 0.6) is 0 Å². The molecule has 0 radical (unpaired) electrons. The third-order valence-electron chi connectivity index (χ3n) is 9.99. The van der Waals surface area contributed by atoms with Crippen molar-refractivity contribution in [3.8, 4) is 0 Å². The first-order valence-corrected chi connectivity index (χ1v) is 15.3. The van der Waals surface area contributed by atoms with Gasteiger partial charge in [-0.15, -0.1) is 0 Å². The molecule has 0 aromatic rings. The van der Waals surface area contributed by atoms with Crippen LogP contribution in [0.3, 0.4) is 0 Å². The lowest BCUT2D eigenvalue weighted by Gasteiger charge is -2.44. The molecule has 0 aliphatic heterocycles. The van der Waals surface area contributed by atoms with Gasteiger partial charge in [0.15, 0.2) is 0 Å². The summed E-state index contributed by atoms with van der Waals surface area (Å²) in [7, 11) is 0. The van der Waals surface area contributed by atoms with Crippen LogP contribution < -0.4 is 0 Å². The Hall–Kier alpha value is -2.12. The first kappa shape index (κ1) is 43.0. The number of hydrogen-bond donors (Lipinski definition) is 2. The van der Waals surface area contributed by atoms with Crippen LogP contribution in [0, 0.1) is 23.7 Å². The van der Waals surface area contributed by atoms with Crippen LogP contribution in [-0.2, 0) is 19.1 Å². The summed E-state index contributed by atoms with van der Waals surface area (Å²) < 4.78 is 193. The predicted octanol–water partition coefficient (Wildman–Crippen LogP) is 8.02. The Morgan fingerprint density at radius 2 is 0.918 bits per heavy atom. The van der Waals surface area contributed by atoms with Gasteiger partial charge in [0.05, 0.1) is 0 Å². The zero-order valence-corrected chi connectivity index (χ0v) is 26.6. The van der Waals surface area contributed by atoms with Crippen molar-refractivity contribution in [2.45, 2.75) is 145 Å². The average Bonchev–Trinajstić information content (AvgIpc) is 3.55. The zero-order valence-electron chi connectivity index (χ0n) is 26.6. The van der Waals surface area contributed by atoms with E-state index in [9.17, 15) is 81.3 Å². The maximum Gasteiger partial charge on any atom is 0.426 e. The molecular weight excluding hydrogens is 710 g/mol. The van der Waals surface area contributed by atoms with E-state index in [4.69, 9.17) is 4.74 Å². The minimum Gasteiger partial charge on any atom is -0.460 e. The second-order valence-electron chi connectivity index (χ2n) is 13.2. The van der Waals surface area contributed by atoms with Crippen molar-refractivity contribution in [2.75, 3.05) is 0 Å². The molecule has 3 aliphatic carbocycles. The summed E-state index contributed by atoms with van der Waals surface area (Å²) in [5, 5.41) is 19.0.